The van der Waals surface area contributed by atoms with Gasteiger partial charge in [-0.15, -0.1) is 0 Å². The molecule has 4 nitrogen and oxygen atoms in total. The maximum Gasteiger partial charge on any atom is 0.433 e. The van der Waals surface area contributed by atoms with Crippen LogP contribution in [0.4, 0.5) is 13.2 Å². The summed E-state index contributed by atoms with van der Waals surface area (Å²) >= 11 is 5.66. The lowest BCUT2D eigenvalue weighted by Gasteiger charge is -2.34. The minimum Gasteiger partial charge on any atom is -0.340 e. The highest BCUT2D eigenvalue weighted by Gasteiger charge is 2.33. The van der Waals surface area contributed by atoms with Crippen molar-refractivity contribution in [2.75, 3.05) is 26.2 Å². The number of pyridine rings is 1. The molecule has 8 heteroatoms. The van der Waals surface area contributed by atoms with Crippen molar-refractivity contribution in [1.29, 1.82) is 0 Å². The highest BCUT2D eigenvalue weighted by Crippen LogP contribution is 2.29. The predicted octanol–water partition coefficient (Wildman–Crippen LogP) is 2.42. The number of hydrogen-bond donors (Lipinski definition) is 0. The van der Waals surface area contributed by atoms with Crippen molar-refractivity contribution < 1.29 is 18.0 Å². The molecule has 1 aliphatic rings. The first-order chi connectivity index (χ1) is 9.75. The van der Waals surface area contributed by atoms with Crippen molar-refractivity contribution in [3.05, 3.63) is 28.5 Å². The van der Waals surface area contributed by atoms with Gasteiger partial charge in [0.2, 0.25) is 5.91 Å². The van der Waals surface area contributed by atoms with Gasteiger partial charge in [0.1, 0.15) is 10.8 Å². The van der Waals surface area contributed by atoms with Crippen molar-refractivity contribution >= 4 is 17.5 Å². The summed E-state index contributed by atoms with van der Waals surface area (Å²) in [5.74, 6) is 0.0148. The van der Waals surface area contributed by atoms with Crippen molar-refractivity contribution in [1.82, 2.24) is 14.8 Å². The van der Waals surface area contributed by atoms with E-state index >= 15 is 0 Å². The second kappa shape index (κ2) is 6.19. The molecule has 0 bridgehead atoms. The smallest absolute Gasteiger partial charge is 0.340 e. The second-order valence-electron chi connectivity index (χ2n) is 4.96. The monoisotopic (exact) mass is 321 g/mol. The summed E-state index contributed by atoms with van der Waals surface area (Å²) in [5, 5.41) is -0.165. The van der Waals surface area contributed by atoms with E-state index < -0.39 is 11.9 Å². The fourth-order valence-electron chi connectivity index (χ4n) is 2.27. The number of hydrogen-bond acceptors (Lipinski definition) is 3. The van der Waals surface area contributed by atoms with Gasteiger partial charge in [-0.1, -0.05) is 11.6 Å². The van der Waals surface area contributed by atoms with Crippen LogP contribution in [-0.2, 0) is 17.5 Å². The number of carbonyl (C=O) groups is 1. The summed E-state index contributed by atoms with van der Waals surface area (Å²) in [5.41, 5.74) is -0.508. The molecular formula is C13H15ClF3N3O. The number of nitrogens with zero attached hydrogens (tertiary/aromatic N) is 3. The van der Waals surface area contributed by atoms with Gasteiger partial charge in [-0.25, -0.2) is 4.98 Å². The SMILES string of the molecule is CC(=O)N1CCN(Cc2cc(Cl)nc(C(F)(F)F)c2)CC1. The zero-order valence-corrected chi connectivity index (χ0v) is 12.2. The largest absolute Gasteiger partial charge is 0.433 e. The number of piperazine rings is 1. The third-order valence-corrected chi connectivity index (χ3v) is 3.56. The molecule has 2 rings (SSSR count). The minimum absolute atomic E-state index is 0.0148. The van der Waals surface area contributed by atoms with E-state index in [0.29, 0.717) is 38.3 Å². The molecule has 21 heavy (non-hydrogen) atoms. The van der Waals surface area contributed by atoms with Crippen LogP contribution in [0.3, 0.4) is 0 Å². The van der Waals surface area contributed by atoms with Crippen molar-refractivity contribution in [3.63, 3.8) is 0 Å². The normalized spacial score (nSPS) is 17.1. The molecule has 0 spiro atoms. The van der Waals surface area contributed by atoms with E-state index in [-0.39, 0.29) is 11.1 Å². The molecule has 0 atom stereocenters. The highest BCUT2D eigenvalue weighted by atomic mass is 35.5. The molecule has 1 amide bonds. The van der Waals surface area contributed by atoms with E-state index in [4.69, 9.17) is 11.6 Å². The number of halogens is 4. The lowest BCUT2D eigenvalue weighted by molar-refractivity contribution is -0.141. The molecule has 0 radical (unpaired) electrons. The highest BCUT2D eigenvalue weighted by molar-refractivity contribution is 6.29. The Balaban J connectivity index is 2.04. The third-order valence-electron chi connectivity index (χ3n) is 3.37. The van der Waals surface area contributed by atoms with Crippen molar-refractivity contribution in [3.8, 4) is 0 Å². The van der Waals surface area contributed by atoms with Gasteiger partial charge in [-0.2, -0.15) is 13.2 Å². The van der Waals surface area contributed by atoms with E-state index in [0.717, 1.165) is 6.07 Å². The number of carbonyl (C=O) groups excluding carboxylic acids is 1. The fraction of sp³-hybridized carbons (Fsp3) is 0.538. The van der Waals surface area contributed by atoms with Crippen LogP contribution in [0.5, 0.6) is 0 Å². The average molecular weight is 322 g/mol. The first-order valence-electron chi connectivity index (χ1n) is 6.47. The molecule has 2 heterocycles. The van der Waals surface area contributed by atoms with Gasteiger partial charge in [0, 0.05) is 39.6 Å². The van der Waals surface area contributed by atoms with E-state index in [9.17, 15) is 18.0 Å². The van der Waals surface area contributed by atoms with Gasteiger partial charge in [0.15, 0.2) is 0 Å². The summed E-state index contributed by atoms with van der Waals surface area (Å²) in [6.07, 6.45) is -4.51. The van der Waals surface area contributed by atoms with Crippen molar-refractivity contribution in [2.24, 2.45) is 0 Å². The first-order valence-corrected chi connectivity index (χ1v) is 6.85. The Morgan fingerprint density at radius 2 is 1.90 bits per heavy atom. The Kier molecular flexibility index (Phi) is 4.73. The standard InChI is InChI=1S/C13H15ClF3N3O/c1-9(21)20-4-2-19(3-5-20)8-10-6-11(13(15,16)17)18-12(14)7-10/h6-7H,2-5,8H2,1H3. The van der Waals surface area contributed by atoms with Crippen LogP contribution in [0.2, 0.25) is 5.15 Å². The number of aromatic nitrogens is 1. The molecule has 1 aliphatic heterocycles. The van der Waals surface area contributed by atoms with Crippen LogP contribution in [0.1, 0.15) is 18.2 Å². The Morgan fingerprint density at radius 3 is 2.43 bits per heavy atom. The number of alkyl halides is 3. The second-order valence-corrected chi connectivity index (χ2v) is 5.35. The number of rotatable bonds is 2. The molecule has 1 aromatic heterocycles. The van der Waals surface area contributed by atoms with Gasteiger partial charge in [0.05, 0.1) is 0 Å². The maximum absolute atomic E-state index is 12.7. The molecular weight excluding hydrogens is 307 g/mol. The third kappa shape index (κ3) is 4.31. The topological polar surface area (TPSA) is 36.4 Å². The average Bonchev–Trinajstić information content (AvgIpc) is 2.37. The van der Waals surface area contributed by atoms with Crippen molar-refractivity contribution in [2.45, 2.75) is 19.6 Å². The molecule has 1 saturated heterocycles. The molecule has 0 unspecified atom stereocenters. The molecule has 0 aromatic carbocycles. The van der Waals surface area contributed by atoms with Crippen LogP contribution in [-0.4, -0.2) is 46.9 Å². The summed E-state index contributed by atoms with van der Waals surface area (Å²) in [4.78, 5) is 18.2. The van der Waals surface area contributed by atoms with Crippen LogP contribution in [0.25, 0.3) is 0 Å². The molecule has 0 saturated carbocycles. The van der Waals surface area contributed by atoms with E-state index in [1.165, 1.54) is 13.0 Å². The minimum atomic E-state index is -4.51. The number of amides is 1. The van der Waals surface area contributed by atoms with Gasteiger partial charge in [-0.05, 0) is 17.7 Å². The zero-order valence-electron chi connectivity index (χ0n) is 11.5. The first kappa shape index (κ1) is 16.0. The van der Waals surface area contributed by atoms with Crippen LogP contribution >= 0.6 is 11.6 Å². The lowest BCUT2D eigenvalue weighted by Crippen LogP contribution is -2.47. The van der Waals surface area contributed by atoms with Gasteiger partial charge in [0.25, 0.3) is 0 Å². The van der Waals surface area contributed by atoms with Crippen LogP contribution < -0.4 is 0 Å². The summed E-state index contributed by atoms with van der Waals surface area (Å²) in [6.45, 7) is 4.28. The maximum atomic E-state index is 12.7. The molecule has 1 fully saturated rings. The zero-order chi connectivity index (χ0) is 15.6. The molecule has 0 aliphatic carbocycles. The lowest BCUT2D eigenvalue weighted by atomic mass is 10.2. The Bertz CT molecular complexity index is 528. The Hall–Kier alpha value is -1.34. The molecule has 0 N–H and O–H groups in total. The summed E-state index contributed by atoms with van der Waals surface area (Å²) in [6, 6.07) is 2.46. The van der Waals surface area contributed by atoms with Gasteiger partial charge < -0.3 is 4.90 Å². The van der Waals surface area contributed by atoms with E-state index in [2.05, 4.69) is 4.98 Å². The quantitative estimate of drug-likeness (QED) is 0.785. The van der Waals surface area contributed by atoms with E-state index in [1.807, 2.05) is 4.90 Å². The van der Waals surface area contributed by atoms with Gasteiger partial charge in [-0.3, -0.25) is 9.69 Å². The molecule has 116 valence electrons. The van der Waals surface area contributed by atoms with Crippen LogP contribution in [0.15, 0.2) is 12.1 Å². The van der Waals surface area contributed by atoms with Crippen LogP contribution in [0, 0.1) is 0 Å². The summed E-state index contributed by atoms with van der Waals surface area (Å²) in [7, 11) is 0. The fourth-order valence-corrected chi connectivity index (χ4v) is 2.50. The summed E-state index contributed by atoms with van der Waals surface area (Å²) < 4.78 is 38.1. The Morgan fingerprint density at radius 1 is 1.29 bits per heavy atom. The van der Waals surface area contributed by atoms with Gasteiger partial charge >= 0.3 is 6.18 Å². The molecule has 1 aromatic rings. The Labute approximate surface area is 125 Å². The van der Waals surface area contributed by atoms with E-state index in [1.54, 1.807) is 4.90 Å². The predicted molar refractivity (Wildman–Crippen MR) is 71.8 cm³/mol.